The lowest BCUT2D eigenvalue weighted by Gasteiger charge is -2.03. The molecule has 0 bridgehead atoms. The molecule has 16 heavy (non-hydrogen) atoms. The number of nitrogens with one attached hydrogen (secondary N) is 2. The van der Waals surface area contributed by atoms with Crippen molar-refractivity contribution in [2.75, 3.05) is 5.32 Å². The molecular weight excluding hydrogens is 200 g/mol. The number of hydrogen-bond donors (Lipinski definition) is 2. The van der Waals surface area contributed by atoms with E-state index in [4.69, 9.17) is 0 Å². The minimum absolute atomic E-state index is 0.100. The summed E-state index contributed by atoms with van der Waals surface area (Å²) in [5.41, 5.74) is 3.39. The van der Waals surface area contributed by atoms with Gasteiger partial charge in [0.15, 0.2) is 0 Å². The monoisotopic (exact) mass is 214 g/mol. The van der Waals surface area contributed by atoms with Gasteiger partial charge in [0.05, 0.1) is 0 Å². The lowest BCUT2D eigenvalue weighted by atomic mass is 10.2. The summed E-state index contributed by atoms with van der Waals surface area (Å²) in [5.74, 6) is -0.100. The summed E-state index contributed by atoms with van der Waals surface area (Å²) in [4.78, 5) is 15.0. The van der Waals surface area contributed by atoms with E-state index >= 15 is 0 Å². The molecule has 0 unspecified atom stereocenters. The highest BCUT2D eigenvalue weighted by molar-refractivity contribution is 6.04. The third-order valence-electron chi connectivity index (χ3n) is 2.41. The van der Waals surface area contributed by atoms with Crippen LogP contribution in [0.5, 0.6) is 0 Å². The second-order valence-electron chi connectivity index (χ2n) is 3.83. The number of para-hydroxylation sites is 1. The van der Waals surface area contributed by atoms with Crippen LogP contribution in [-0.2, 0) is 0 Å². The van der Waals surface area contributed by atoms with Crippen LogP contribution in [0.25, 0.3) is 0 Å². The zero-order chi connectivity index (χ0) is 11.5. The molecule has 0 aliphatic carbocycles. The van der Waals surface area contributed by atoms with Gasteiger partial charge >= 0.3 is 0 Å². The van der Waals surface area contributed by atoms with Gasteiger partial charge in [0.2, 0.25) is 0 Å². The van der Waals surface area contributed by atoms with Gasteiger partial charge in [0.25, 0.3) is 5.91 Å². The number of carbonyl (C=O) groups excluding carboxylic acids is 1. The van der Waals surface area contributed by atoms with Crippen LogP contribution in [0.4, 0.5) is 5.69 Å². The number of aromatic amines is 1. The van der Waals surface area contributed by atoms with Crippen molar-refractivity contribution in [3.8, 4) is 0 Å². The Bertz CT molecular complexity index is 500. The van der Waals surface area contributed by atoms with E-state index in [1.807, 2.05) is 50.2 Å². The fraction of sp³-hybridized carbons (Fsp3) is 0.154. The highest BCUT2D eigenvalue weighted by atomic mass is 16.1. The molecule has 1 amide bonds. The standard InChI is InChI=1S/C13H14N2O/c1-9-8-10(2)14-12(9)13(16)15-11-6-4-3-5-7-11/h3-8,14H,1-2H3,(H,15,16). The van der Waals surface area contributed by atoms with Crippen LogP contribution in [0.1, 0.15) is 21.7 Å². The molecule has 0 fully saturated rings. The molecule has 1 aromatic heterocycles. The minimum atomic E-state index is -0.100. The lowest BCUT2D eigenvalue weighted by Crippen LogP contribution is -2.13. The van der Waals surface area contributed by atoms with Gasteiger partial charge < -0.3 is 10.3 Å². The van der Waals surface area contributed by atoms with E-state index in [-0.39, 0.29) is 5.91 Å². The van der Waals surface area contributed by atoms with Crippen molar-refractivity contribution in [3.05, 3.63) is 53.3 Å². The van der Waals surface area contributed by atoms with E-state index in [1.165, 1.54) is 0 Å². The molecule has 0 atom stereocenters. The van der Waals surface area contributed by atoms with E-state index in [1.54, 1.807) is 0 Å². The number of amides is 1. The molecule has 0 aliphatic heterocycles. The number of H-pyrrole nitrogens is 1. The topological polar surface area (TPSA) is 44.9 Å². The molecule has 2 aromatic rings. The van der Waals surface area contributed by atoms with Gasteiger partial charge in [0, 0.05) is 11.4 Å². The number of rotatable bonds is 2. The van der Waals surface area contributed by atoms with Crippen LogP contribution >= 0.6 is 0 Å². The summed E-state index contributed by atoms with van der Waals surface area (Å²) in [6.07, 6.45) is 0. The Morgan fingerprint density at radius 1 is 1.19 bits per heavy atom. The predicted octanol–water partition coefficient (Wildman–Crippen LogP) is 2.88. The SMILES string of the molecule is Cc1cc(C)c(C(=O)Nc2ccccc2)[nH]1. The van der Waals surface area contributed by atoms with Crippen molar-refractivity contribution in [1.29, 1.82) is 0 Å². The van der Waals surface area contributed by atoms with Crippen molar-refractivity contribution in [3.63, 3.8) is 0 Å². The third-order valence-corrected chi connectivity index (χ3v) is 2.41. The summed E-state index contributed by atoms with van der Waals surface area (Å²) >= 11 is 0. The van der Waals surface area contributed by atoms with Crippen LogP contribution in [-0.4, -0.2) is 10.9 Å². The molecule has 0 saturated heterocycles. The Morgan fingerprint density at radius 2 is 1.88 bits per heavy atom. The summed E-state index contributed by atoms with van der Waals surface area (Å²) in [6.45, 7) is 3.86. The molecule has 2 N–H and O–H groups in total. The van der Waals surface area contributed by atoms with Gasteiger partial charge in [-0.2, -0.15) is 0 Å². The fourth-order valence-electron chi connectivity index (χ4n) is 1.68. The maximum absolute atomic E-state index is 11.9. The zero-order valence-electron chi connectivity index (χ0n) is 9.37. The fourth-order valence-corrected chi connectivity index (χ4v) is 1.68. The first-order chi connectivity index (χ1) is 7.66. The molecule has 1 aromatic carbocycles. The van der Waals surface area contributed by atoms with E-state index in [0.717, 1.165) is 16.9 Å². The van der Waals surface area contributed by atoms with Gasteiger partial charge in [-0.05, 0) is 37.6 Å². The molecule has 2 rings (SSSR count). The molecule has 3 nitrogen and oxygen atoms in total. The maximum Gasteiger partial charge on any atom is 0.272 e. The number of hydrogen-bond acceptors (Lipinski definition) is 1. The van der Waals surface area contributed by atoms with Crippen molar-refractivity contribution >= 4 is 11.6 Å². The summed E-state index contributed by atoms with van der Waals surface area (Å²) in [7, 11) is 0. The molecule has 82 valence electrons. The Hall–Kier alpha value is -2.03. The predicted molar refractivity (Wildman–Crippen MR) is 64.7 cm³/mol. The van der Waals surface area contributed by atoms with E-state index in [2.05, 4.69) is 10.3 Å². The third kappa shape index (κ3) is 2.14. The quantitative estimate of drug-likeness (QED) is 0.793. The molecule has 3 heteroatoms. The summed E-state index contributed by atoms with van der Waals surface area (Å²) in [6, 6.07) is 11.4. The number of benzene rings is 1. The van der Waals surface area contributed by atoms with E-state index in [0.29, 0.717) is 5.69 Å². The van der Waals surface area contributed by atoms with Gasteiger partial charge in [-0.3, -0.25) is 4.79 Å². The van der Waals surface area contributed by atoms with Gasteiger partial charge in [-0.25, -0.2) is 0 Å². The number of aryl methyl sites for hydroxylation is 2. The van der Waals surface area contributed by atoms with Crippen molar-refractivity contribution in [2.45, 2.75) is 13.8 Å². The van der Waals surface area contributed by atoms with Crippen molar-refractivity contribution in [2.24, 2.45) is 0 Å². The maximum atomic E-state index is 11.9. The lowest BCUT2D eigenvalue weighted by molar-refractivity contribution is 0.102. The average molecular weight is 214 g/mol. The number of aromatic nitrogens is 1. The first-order valence-corrected chi connectivity index (χ1v) is 5.19. The second-order valence-corrected chi connectivity index (χ2v) is 3.83. The van der Waals surface area contributed by atoms with Gasteiger partial charge in [0.1, 0.15) is 5.69 Å². The molecule has 0 aliphatic rings. The highest BCUT2D eigenvalue weighted by Crippen LogP contribution is 2.12. The smallest absolute Gasteiger partial charge is 0.272 e. The van der Waals surface area contributed by atoms with Crippen LogP contribution in [0.2, 0.25) is 0 Å². The van der Waals surface area contributed by atoms with Crippen LogP contribution < -0.4 is 5.32 Å². The number of carbonyl (C=O) groups is 1. The second kappa shape index (κ2) is 4.23. The summed E-state index contributed by atoms with van der Waals surface area (Å²) in [5, 5.41) is 2.84. The highest BCUT2D eigenvalue weighted by Gasteiger charge is 2.11. The van der Waals surface area contributed by atoms with E-state index in [9.17, 15) is 4.79 Å². The van der Waals surface area contributed by atoms with E-state index < -0.39 is 0 Å². The largest absolute Gasteiger partial charge is 0.354 e. The Labute approximate surface area is 94.5 Å². The van der Waals surface area contributed by atoms with Crippen molar-refractivity contribution < 1.29 is 4.79 Å². The Kier molecular flexibility index (Phi) is 2.77. The average Bonchev–Trinajstić information content (AvgIpc) is 2.59. The van der Waals surface area contributed by atoms with Crippen molar-refractivity contribution in [1.82, 2.24) is 4.98 Å². The molecule has 0 saturated carbocycles. The molecule has 1 heterocycles. The first kappa shape index (κ1) is 10.5. The molecule has 0 spiro atoms. The minimum Gasteiger partial charge on any atom is -0.354 e. The summed E-state index contributed by atoms with van der Waals surface area (Å²) < 4.78 is 0. The van der Waals surface area contributed by atoms with Crippen LogP contribution in [0, 0.1) is 13.8 Å². The number of anilines is 1. The van der Waals surface area contributed by atoms with Crippen LogP contribution in [0.15, 0.2) is 36.4 Å². The zero-order valence-corrected chi connectivity index (χ0v) is 9.37. The molecular formula is C13H14N2O. The van der Waals surface area contributed by atoms with Gasteiger partial charge in [-0.15, -0.1) is 0 Å². The molecule has 0 radical (unpaired) electrons. The van der Waals surface area contributed by atoms with Crippen LogP contribution in [0.3, 0.4) is 0 Å². The normalized spacial score (nSPS) is 10.1. The Balaban J connectivity index is 2.18. The van der Waals surface area contributed by atoms with Gasteiger partial charge in [-0.1, -0.05) is 18.2 Å². The first-order valence-electron chi connectivity index (χ1n) is 5.19. The Morgan fingerprint density at radius 3 is 2.44 bits per heavy atom.